The molecule has 8 heteroatoms. The number of hydrogen-bond donors (Lipinski definition) is 0. The van der Waals surface area contributed by atoms with E-state index < -0.39 is 11.6 Å². The van der Waals surface area contributed by atoms with Crippen LogP contribution in [0.15, 0.2) is 35.9 Å². The summed E-state index contributed by atoms with van der Waals surface area (Å²) in [5.41, 5.74) is 1.51. The number of amides is 1. The summed E-state index contributed by atoms with van der Waals surface area (Å²) in [6.07, 6.45) is 10.3. The van der Waals surface area contributed by atoms with Gasteiger partial charge in [0.2, 0.25) is 5.75 Å². The number of ether oxygens (including phenoxy) is 3. The van der Waals surface area contributed by atoms with Crippen LogP contribution in [0.3, 0.4) is 0 Å². The summed E-state index contributed by atoms with van der Waals surface area (Å²) in [6, 6.07) is 7.13. The highest BCUT2D eigenvalue weighted by Gasteiger charge is 2.31. The zero-order chi connectivity index (χ0) is 28.6. The van der Waals surface area contributed by atoms with Crippen LogP contribution in [0.2, 0.25) is 0 Å². The third kappa shape index (κ3) is 7.33. The summed E-state index contributed by atoms with van der Waals surface area (Å²) in [4.78, 5) is 18.5. The number of carbonyl (C=O) groups excluding carboxylic acids is 1. The SMILES string of the molecule is COc1cc(C(=O)N(C/C(C)=C/c2ccc(F)cc2F)C[C@H]2CCCN2CC2CCCCC2)cc(OC)c1OC. The minimum atomic E-state index is -0.628. The van der Waals surface area contributed by atoms with Gasteiger partial charge in [-0.15, -0.1) is 0 Å². The molecule has 2 aromatic carbocycles. The first-order valence-corrected chi connectivity index (χ1v) is 14.3. The molecule has 2 aliphatic rings. The number of benzene rings is 2. The van der Waals surface area contributed by atoms with Crippen molar-refractivity contribution < 1.29 is 27.8 Å². The van der Waals surface area contributed by atoms with Crippen LogP contribution < -0.4 is 14.2 Å². The summed E-state index contributed by atoms with van der Waals surface area (Å²) in [6.45, 7) is 4.85. The number of nitrogens with zero attached hydrogens (tertiary/aromatic N) is 2. The molecule has 1 saturated carbocycles. The Morgan fingerprint density at radius 1 is 0.975 bits per heavy atom. The highest BCUT2D eigenvalue weighted by molar-refractivity contribution is 5.96. The van der Waals surface area contributed by atoms with Gasteiger partial charge >= 0.3 is 0 Å². The predicted octanol–water partition coefficient (Wildman–Crippen LogP) is 6.58. The van der Waals surface area contributed by atoms with Gasteiger partial charge in [-0.2, -0.15) is 0 Å². The fourth-order valence-electron chi connectivity index (χ4n) is 6.14. The van der Waals surface area contributed by atoms with Crippen molar-refractivity contribution in [1.29, 1.82) is 0 Å². The van der Waals surface area contributed by atoms with Crippen molar-refractivity contribution in [3.63, 3.8) is 0 Å². The van der Waals surface area contributed by atoms with Gasteiger partial charge in [-0.1, -0.05) is 30.9 Å². The summed E-state index contributed by atoms with van der Waals surface area (Å²) >= 11 is 0. The summed E-state index contributed by atoms with van der Waals surface area (Å²) in [5.74, 6) is 0.538. The van der Waals surface area contributed by atoms with Gasteiger partial charge < -0.3 is 19.1 Å². The molecule has 6 nitrogen and oxygen atoms in total. The molecule has 0 spiro atoms. The van der Waals surface area contributed by atoms with Crippen molar-refractivity contribution in [1.82, 2.24) is 9.80 Å². The lowest BCUT2D eigenvalue weighted by Crippen LogP contribution is -2.45. The lowest BCUT2D eigenvalue weighted by Gasteiger charge is -2.34. The van der Waals surface area contributed by atoms with Crippen molar-refractivity contribution in [3.8, 4) is 17.2 Å². The zero-order valence-corrected chi connectivity index (χ0v) is 24.2. The Kier molecular flexibility index (Phi) is 10.4. The Labute approximate surface area is 236 Å². The van der Waals surface area contributed by atoms with Crippen LogP contribution in [0.25, 0.3) is 6.08 Å². The fraction of sp³-hybridized carbons (Fsp3) is 0.531. The number of halogens is 2. The maximum Gasteiger partial charge on any atom is 0.254 e. The molecule has 218 valence electrons. The first kappa shape index (κ1) is 29.8. The van der Waals surface area contributed by atoms with Gasteiger partial charge in [0.1, 0.15) is 11.6 Å². The van der Waals surface area contributed by atoms with E-state index in [1.165, 1.54) is 65.6 Å². The van der Waals surface area contributed by atoms with Crippen molar-refractivity contribution in [2.75, 3.05) is 47.5 Å². The second-order valence-electron chi connectivity index (χ2n) is 11.1. The monoisotopic (exact) mass is 556 g/mol. The van der Waals surface area contributed by atoms with Gasteiger partial charge in [0.25, 0.3) is 5.91 Å². The Morgan fingerprint density at radius 2 is 1.68 bits per heavy atom. The van der Waals surface area contributed by atoms with Crippen LogP contribution in [-0.4, -0.2) is 69.3 Å². The highest BCUT2D eigenvalue weighted by atomic mass is 19.1. The Hall–Kier alpha value is -3.13. The normalized spacial score (nSPS) is 18.6. The topological polar surface area (TPSA) is 51.2 Å². The van der Waals surface area contributed by atoms with Crippen molar-refractivity contribution in [2.45, 2.75) is 57.9 Å². The molecule has 0 N–H and O–H groups in total. The summed E-state index contributed by atoms with van der Waals surface area (Å²) in [5, 5.41) is 0. The number of likely N-dealkylation sites (tertiary alicyclic amines) is 1. The van der Waals surface area contributed by atoms with Gasteiger partial charge in [0, 0.05) is 42.9 Å². The van der Waals surface area contributed by atoms with Crippen molar-refractivity contribution >= 4 is 12.0 Å². The molecule has 1 amide bonds. The molecule has 1 heterocycles. The lowest BCUT2D eigenvalue weighted by molar-refractivity contribution is 0.0709. The molecule has 2 aromatic rings. The minimum absolute atomic E-state index is 0.170. The van der Waals surface area contributed by atoms with E-state index in [1.807, 2.05) is 11.8 Å². The summed E-state index contributed by atoms with van der Waals surface area (Å²) < 4.78 is 44.3. The van der Waals surface area contributed by atoms with Crippen LogP contribution in [0.1, 0.15) is 67.8 Å². The van der Waals surface area contributed by atoms with Crippen LogP contribution in [0.5, 0.6) is 17.2 Å². The van der Waals surface area contributed by atoms with Crippen molar-refractivity contribution in [2.24, 2.45) is 5.92 Å². The average molecular weight is 557 g/mol. The molecule has 0 aromatic heterocycles. The lowest BCUT2D eigenvalue weighted by atomic mass is 9.89. The quantitative estimate of drug-likeness (QED) is 0.313. The molecule has 1 saturated heterocycles. The molecule has 2 fully saturated rings. The first-order chi connectivity index (χ1) is 19.3. The van der Waals surface area contributed by atoms with Crippen LogP contribution in [0.4, 0.5) is 8.78 Å². The number of hydrogen-bond acceptors (Lipinski definition) is 5. The second kappa shape index (κ2) is 14.0. The van der Waals surface area contributed by atoms with E-state index in [0.717, 1.165) is 43.5 Å². The maximum atomic E-state index is 14.4. The van der Waals surface area contributed by atoms with E-state index in [4.69, 9.17) is 14.2 Å². The predicted molar refractivity (Wildman–Crippen MR) is 153 cm³/mol. The van der Waals surface area contributed by atoms with E-state index in [0.29, 0.717) is 41.5 Å². The Bertz CT molecular complexity index is 1170. The minimum Gasteiger partial charge on any atom is -0.493 e. The average Bonchev–Trinajstić information content (AvgIpc) is 3.39. The third-order valence-electron chi connectivity index (χ3n) is 8.15. The second-order valence-corrected chi connectivity index (χ2v) is 11.1. The molecule has 0 bridgehead atoms. The molecule has 1 atom stereocenters. The molecular weight excluding hydrogens is 514 g/mol. The van der Waals surface area contributed by atoms with E-state index in [9.17, 15) is 13.6 Å². The standard InChI is InChI=1S/C32H42F2N2O4/c1-22(15-24-12-13-26(33)18-28(24)34)19-36(21-27-11-8-14-35(27)20-23-9-6-5-7-10-23)32(37)25-16-29(38-2)31(40-4)30(17-25)39-3/h12-13,15-18,23,27H,5-11,14,19-21H2,1-4H3/b22-15+/t27-/m1/s1. The van der Waals surface area contributed by atoms with Crippen LogP contribution in [0, 0.1) is 17.6 Å². The molecule has 40 heavy (non-hydrogen) atoms. The van der Waals surface area contributed by atoms with E-state index in [2.05, 4.69) is 4.90 Å². The van der Waals surface area contributed by atoms with Gasteiger partial charge in [-0.25, -0.2) is 8.78 Å². The molecule has 4 rings (SSSR count). The molecular formula is C32H42F2N2O4. The number of methoxy groups -OCH3 is 3. The van der Waals surface area contributed by atoms with E-state index >= 15 is 0 Å². The summed E-state index contributed by atoms with van der Waals surface area (Å²) in [7, 11) is 4.57. The Balaban J connectivity index is 1.61. The molecule has 0 unspecified atom stereocenters. The van der Waals surface area contributed by atoms with Crippen LogP contribution in [-0.2, 0) is 0 Å². The van der Waals surface area contributed by atoms with Gasteiger partial charge in [0.15, 0.2) is 11.5 Å². The third-order valence-corrected chi connectivity index (χ3v) is 8.15. The zero-order valence-electron chi connectivity index (χ0n) is 24.2. The van der Waals surface area contributed by atoms with E-state index in [1.54, 1.807) is 18.2 Å². The number of carbonyl (C=O) groups is 1. The maximum absolute atomic E-state index is 14.4. The molecule has 1 aliphatic carbocycles. The van der Waals surface area contributed by atoms with Gasteiger partial charge in [-0.3, -0.25) is 9.69 Å². The van der Waals surface area contributed by atoms with Gasteiger partial charge in [-0.05, 0) is 69.3 Å². The largest absolute Gasteiger partial charge is 0.493 e. The fourth-order valence-corrected chi connectivity index (χ4v) is 6.14. The smallest absolute Gasteiger partial charge is 0.254 e. The van der Waals surface area contributed by atoms with E-state index in [-0.39, 0.29) is 11.9 Å². The van der Waals surface area contributed by atoms with Crippen molar-refractivity contribution in [3.05, 3.63) is 58.7 Å². The number of rotatable bonds is 11. The first-order valence-electron chi connectivity index (χ1n) is 14.3. The molecule has 1 aliphatic heterocycles. The Morgan fingerprint density at radius 3 is 2.30 bits per heavy atom. The van der Waals surface area contributed by atoms with Crippen LogP contribution >= 0.6 is 0 Å². The highest BCUT2D eigenvalue weighted by Crippen LogP contribution is 2.38. The molecule has 0 radical (unpaired) electrons. The van der Waals surface area contributed by atoms with Gasteiger partial charge in [0.05, 0.1) is 21.3 Å².